The first-order valence-electron chi connectivity index (χ1n) is 7.32. The monoisotopic (exact) mass is 399 g/mol. The van der Waals surface area contributed by atoms with Crippen LogP contribution in [0.1, 0.15) is 27.0 Å². The molecule has 10 heteroatoms. The molecule has 138 valence electrons. The number of nitrogens with zero attached hydrogens (tertiary/aromatic N) is 1. The fourth-order valence-corrected chi connectivity index (χ4v) is 3.00. The first-order chi connectivity index (χ1) is 12.4. The van der Waals surface area contributed by atoms with Crippen molar-refractivity contribution in [3.8, 4) is 11.5 Å². The lowest BCUT2D eigenvalue weighted by Gasteiger charge is -2.11. The van der Waals surface area contributed by atoms with Crippen LogP contribution in [0.15, 0.2) is 24.3 Å². The zero-order chi connectivity index (χ0) is 19.3. The van der Waals surface area contributed by atoms with E-state index in [1.807, 2.05) is 0 Å². The molecule has 0 aliphatic rings. The lowest BCUT2D eigenvalue weighted by atomic mass is 10.1. The third-order valence-electron chi connectivity index (χ3n) is 3.18. The highest BCUT2D eigenvalue weighted by Crippen LogP contribution is 2.35. The maximum atomic E-state index is 12.3. The number of thiophene rings is 1. The van der Waals surface area contributed by atoms with Crippen LogP contribution in [0.5, 0.6) is 11.5 Å². The molecule has 0 spiro atoms. The van der Waals surface area contributed by atoms with Crippen LogP contribution in [-0.4, -0.2) is 37.0 Å². The van der Waals surface area contributed by atoms with Gasteiger partial charge in [-0.2, -0.15) is 0 Å². The molecule has 8 nitrogen and oxygen atoms in total. The highest BCUT2D eigenvalue weighted by Gasteiger charge is 2.26. The van der Waals surface area contributed by atoms with Crippen molar-refractivity contribution in [2.45, 2.75) is 6.92 Å². The fourth-order valence-electron chi connectivity index (χ4n) is 2.04. The van der Waals surface area contributed by atoms with Crippen LogP contribution in [0, 0.1) is 10.1 Å². The van der Waals surface area contributed by atoms with Crippen LogP contribution in [0.3, 0.4) is 0 Å². The van der Waals surface area contributed by atoms with E-state index in [2.05, 4.69) is 0 Å². The molecule has 0 aliphatic carbocycles. The Balaban J connectivity index is 2.24. The van der Waals surface area contributed by atoms with Crippen LogP contribution in [0.2, 0.25) is 4.34 Å². The van der Waals surface area contributed by atoms with Crippen molar-refractivity contribution in [1.29, 1.82) is 0 Å². The predicted octanol–water partition coefficient (Wildman–Crippen LogP) is 3.76. The van der Waals surface area contributed by atoms with Gasteiger partial charge in [-0.05, 0) is 19.1 Å². The number of Topliss-reactive ketones (excluding diaryl/α,β-unsaturated/α-hetero) is 1. The zero-order valence-corrected chi connectivity index (χ0v) is 15.4. The van der Waals surface area contributed by atoms with Gasteiger partial charge in [-0.3, -0.25) is 14.9 Å². The molecule has 26 heavy (non-hydrogen) atoms. The Hall–Kier alpha value is -2.65. The summed E-state index contributed by atoms with van der Waals surface area (Å²) in [4.78, 5) is 35.1. The minimum atomic E-state index is -1.02. The van der Waals surface area contributed by atoms with Gasteiger partial charge in [0.1, 0.15) is 5.56 Å². The van der Waals surface area contributed by atoms with Gasteiger partial charge in [-0.25, -0.2) is 4.79 Å². The number of hydrogen-bond donors (Lipinski definition) is 0. The van der Waals surface area contributed by atoms with Crippen molar-refractivity contribution < 1.29 is 28.7 Å². The van der Waals surface area contributed by atoms with Gasteiger partial charge in [0.15, 0.2) is 18.1 Å². The number of ketones is 1. The molecule has 0 saturated heterocycles. The quantitative estimate of drug-likeness (QED) is 0.288. The molecular formula is C16H14ClNO7S. The topological polar surface area (TPSA) is 105 Å². The third-order valence-corrected chi connectivity index (χ3v) is 4.45. The van der Waals surface area contributed by atoms with Crippen LogP contribution in [-0.2, 0) is 4.74 Å². The van der Waals surface area contributed by atoms with E-state index in [-0.39, 0.29) is 23.7 Å². The number of hydrogen-bond acceptors (Lipinski definition) is 8. The first kappa shape index (κ1) is 19.7. The fraction of sp³-hybridized carbons (Fsp3) is 0.250. The van der Waals surface area contributed by atoms with Gasteiger partial charge in [0.2, 0.25) is 5.78 Å². The van der Waals surface area contributed by atoms with Crippen molar-refractivity contribution in [1.82, 2.24) is 0 Å². The zero-order valence-electron chi connectivity index (χ0n) is 13.8. The number of nitro benzene ring substituents is 1. The van der Waals surface area contributed by atoms with E-state index in [0.717, 1.165) is 23.5 Å². The van der Waals surface area contributed by atoms with Crippen LogP contribution in [0.25, 0.3) is 0 Å². The van der Waals surface area contributed by atoms with Crippen molar-refractivity contribution >= 4 is 40.4 Å². The summed E-state index contributed by atoms with van der Waals surface area (Å²) in [6.07, 6.45) is 0. The van der Waals surface area contributed by atoms with E-state index in [4.69, 9.17) is 25.8 Å². The Morgan fingerprint density at radius 1 is 1.27 bits per heavy atom. The summed E-state index contributed by atoms with van der Waals surface area (Å²) in [5.41, 5.74) is -0.849. The predicted molar refractivity (Wildman–Crippen MR) is 94.8 cm³/mol. The van der Waals surface area contributed by atoms with Gasteiger partial charge in [0, 0.05) is 6.07 Å². The number of rotatable bonds is 8. The smallest absolute Gasteiger partial charge is 0.345 e. The number of carbonyl (C=O) groups excluding carboxylic acids is 2. The van der Waals surface area contributed by atoms with Crippen molar-refractivity contribution in [2.75, 3.05) is 20.3 Å². The van der Waals surface area contributed by atoms with Gasteiger partial charge in [-0.15, -0.1) is 11.3 Å². The van der Waals surface area contributed by atoms with Gasteiger partial charge in [0.05, 0.1) is 33.9 Å². The number of nitro groups is 1. The molecule has 0 amide bonds. The highest BCUT2D eigenvalue weighted by atomic mass is 35.5. The Morgan fingerprint density at radius 2 is 2.00 bits per heavy atom. The molecule has 0 aliphatic heterocycles. The van der Waals surface area contributed by atoms with Crippen molar-refractivity contribution in [3.05, 3.63) is 49.2 Å². The molecular weight excluding hydrogens is 386 g/mol. The maximum absolute atomic E-state index is 12.3. The lowest BCUT2D eigenvalue weighted by molar-refractivity contribution is -0.385. The van der Waals surface area contributed by atoms with Gasteiger partial charge in [0.25, 0.3) is 5.69 Å². The second kappa shape index (κ2) is 8.63. The average molecular weight is 400 g/mol. The summed E-state index contributed by atoms with van der Waals surface area (Å²) in [7, 11) is 1.32. The first-order valence-corrected chi connectivity index (χ1v) is 8.51. The minimum Gasteiger partial charge on any atom is -0.493 e. The molecule has 0 N–H and O–H groups in total. The SMILES string of the molecule is CCOc1cc(C(=O)OCC(=O)c2ccc(Cl)s2)c([N+](=O)[O-])cc1OC. The van der Waals surface area contributed by atoms with Crippen molar-refractivity contribution in [2.24, 2.45) is 0 Å². The number of halogens is 1. The summed E-state index contributed by atoms with van der Waals surface area (Å²) in [5.74, 6) is -1.21. The Kier molecular flexibility index (Phi) is 6.53. The van der Waals surface area contributed by atoms with E-state index in [1.165, 1.54) is 13.2 Å². The van der Waals surface area contributed by atoms with Gasteiger partial charge in [-0.1, -0.05) is 11.6 Å². The lowest BCUT2D eigenvalue weighted by Crippen LogP contribution is -2.15. The summed E-state index contributed by atoms with van der Waals surface area (Å²) >= 11 is 6.80. The Labute approximate surface area is 157 Å². The van der Waals surface area contributed by atoms with E-state index in [1.54, 1.807) is 13.0 Å². The van der Waals surface area contributed by atoms with Crippen LogP contribution < -0.4 is 9.47 Å². The largest absolute Gasteiger partial charge is 0.493 e. The molecule has 0 atom stereocenters. The summed E-state index contributed by atoms with van der Waals surface area (Å²) < 4.78 is 15.7. The van der Waals surface area contributed by atoms with Gasteiger partial charge < -0.3 is 14.2 Å². The molecule has 2 aromatic rings. The van der Waals surface area contributed by atoms with Crippen molar-refractivity contribution in [3.63, 3.8) is 0 Å². The molecule has 1 heterocycles. The molecule has 0 unspecified atom stereocenters. The number of benzene rings is 1. The third kappa shape index (κ3) is 4.50. The molecule has 0 fully saturated rings. The number of methoxy groups -OCH3 is 1. The van der Waals surface area contributed by atoms with E-state index < -0.39 is 29.0 Å². The number of ether oxygens (including phenoxy) is 3. The Morgan fingerprint density at radius 3 is 2.54 bits per heavy atom. The Bertz CT molecular complexity index is 849. The number of esters is 1. The molecule has 0 radical (unpaired) electrons. The van der Waals surface area contributed by atoms with E-state index in [9.17, 15) is 19.7 Å². The molecule has 1 aromatic carbocycles. The number of carbonyl (C=O) groups is 2. The standard InChI is InChI=1S/C16H14ClNO7S/c1-3-24-13-6-9(10(18(21)22)7-12(13)23-2)16(20)25-8-11(19)14-4-5-15(17)26-14/h4-7H,3,8H2,1-2H3. The highest BCUT2D eigenvalue weighted by molar-refractivity contribution is 7.18. The second-order valence-corrected chi connectivity index (χ2v) is 6.53. The van der Waals surface area contributed by atoms with Crippen LogP contribution in [0.4, 0.5) is 5.69 Å². The van der Waals surface area contributed by atoms with Crippen LogP contribution >= 0.6 is 22.9 Å². The maximum Gasteiger partial charge on any atom is 0.345 e. The normalized spacial score (nSPS) is 10.3. The molecule has 0 saturated carbocycles. The summed E-state index contributed by atoms with van der Waals surface area (Å²) in [6, 6.07) is 5.29. The van der Waals surface area contributed by atoms with E-state index in [0.29, 0.717) is 9.21 Å². The summed E-state index contributed by atoms with van der Waals surface area (Å²) in [5, 5.41) is 11.2. The molecule has 2 rings (SSSR count). The second-order valence-electron chi connectivity index (χ2n) is 4.81. The minimum absolute atomic E-state index is 0.111. The molecule has 1 aromatic heterocycles. The summed E-state index contributed by atoms with van der Waals surface area (Å²) in [6.45, 7) is 1.41. The average Bonchev–Trinajstić information content (AvgIpc) is 3.05. The van der Waals surface area contributed by atoms with Gasteiger partial charge >= 0.3 is 5.97 Å². The van der Waals surface area contributed by atoms with E-state index >= 15 is 0 Å². The molecule has 0 bridgehead atoms.